The highest BCUT2D eigenvalue weighted by atomic mass is 32.2. The maximum Gasteiger partial charge on any atom is 0.244 e. The van der Waals surface area contributed by atoms with E-state index in [-0.39, 0.29) is 10.9 Å². The molecule has 1 saturated heterocycles. The average molecular weight is 287 g/mol. The normalized spacial score (nSPS) is 21.5. The molecule has 0 aliphatic carbocycles. The monoisotopic (exact) mass is 287 g/mol. The summed E-state index contributed by atoms with van der Waals surface area (Å²) in [4.78, 5) is 3.52. The molecule has 1 aromatic rings. The molecule has 1 aromatic heterocycles. The molecule has 5 nitrogen and oxygen atoms in total. The number of hydrogen-bond donors (Lipinski definition) is 1. The van der Waals surface area contributed by atoms with Gasteiger partial charge in [-0.25, -0.2) is 12.8 Å². The number of sulfonamides is 1. The molecule has 2 heterocycles. The van der Waals surface area contributed by atoms with Crippen molar-refractivity contribution in [3.05, 3.63) is 24.3 Å². The molecule has 19 heavy (non-hydrogen) atoms. The van der Waals surface area contributed by atoms with Crippen molar-refractivity contribution in [1.82, 2.24) is 9.29 Å². The summed E-state index contributed by atoms with van der Waals surface area (Å²) in [5, 5.41) is 0. The Morgan fingerprint density at radius 3 is 2.89 bits per heavy atom. The molecule has 2 N–H and O–H groups in total. The molecule has 7 heteroatoms. The maximum atomic E-state index is 13.1. The molecular weight excluding hydrogens is 269 g/mol. The van der Waals surface area contributed by atoms with Gasteiger partial charge in [-0.3, -0.25) is 4.98 Å². The first-order chi connectivity index (χ1) is 9.05. The Kier molecular flexibility index (Phi) is 4.49. The predicted octanol–water partition coefficient (Wildman–Crippen LogP) is 1.11. The molecule has 1 fully saturated rings. The number of aromatic nitrogens is 1. The van der Waals surface area contributed by atoms with E-state index in [2.05, 4.69) is 4.98 Å². The Hall–Kier alpha value is -1.05. The first-order valence-corrected chi connectivity index (χ1v) is 7.82. The molecule has 0 radical (unpaired) electrons. The Bertz CT molecular complexity index is 534. The van der Waals surface area contributed by atoms with Crippen LogP contribution in [-0.2, 0) is 10.0 Å². The van der Waals surface area contributed by atoms with E-state index in [9.17, 15) is 12.8 Å². The van der Waals surface area contributed by atoms with Crippen molar-refractivity contribution in [2.75, 3.05) is 13.1 Å². The smallest absolute Gasteiger partial charge is 0.244 e. The number of pyridine rings is 1. The Morgan fingerprint density at radius 1 is 1.42 bits per heavy atom. The minimum Gasteiger partial charge on any atom is -0.330 e. The van der Waals surface area contributed by atoms with Gasteiger partial charge in [0.2, 0.25) is 10.0 Å². The first kappa shape index (κ1) is 14.4. The second-order valence-corrected chi connectivity index (χ2v) is 6.57. The van der Waals surface area contributed by atoms with Gasteiger partial charge in [-0.15, -0.1) is 0 Å². The third-order valence-corrected chi connectivity index (χ3v) is 5.28. The van der Waals surface area contributed by atoms with E-state index in [1.54, 1.807) is 0 Å². The number of halogens is 1. The van der Waals surface area contributed by atoms with Crippen LogP contribution in [0, 0.1) is 5.82 Å². The minimum atomic E-state index is -3.68. The fourth-order valence-corrected chi connectivity index (χ4v) is 4.14. The maximum absolute atomic E-state index is 13.1. The van der Waals surface area contributed by atoms with Gasteiger partial charge in [0.25, 0.3) is 0 Å². The molecule has 0 unspecified atom stereocenters. The van der Waals surface area contributed by atoms with Gasteiger partial charge in [-0.2, -0.15) is 4.31 Å². The van der Waals surface area contributed by atoms with Gasteiger partial charge in [-0.1, -0.05) is 6.42 Å². The zero-order valence-electron chi connectivity index (χ0n) is 10.6. The van der Waals surface area contributed by atoms with Crippen LogP contribution in [0.5, 0.6) is 0 Å². The number of rotatable bonds is 4. The van der Waals surface area contributed by atoms with Crippen molar-refractivity contribution in [3.8, 4) is 0 Å². The Morgan fingerprint density at radius 2 is 2.21 bits per heavy atom. The quantitative estimate of drug-likeness (QED) is 0.900. The van der Waals surface area contributed by atoms with Gasteiger partial charge in [0.05, 0.1) is 6.20 Å². The predicted molar refractivity (Wildman–Crippen MR) is 69.4 cm³/mol. The molecule has 2 rings (SSSR count). The van der Waals surface area contributed by atoms with E-state index in [0.29, 0.717) is 19.5 Å². The van der Waals surface area contributed by atoms with Crippen LogP contribution in [0.4, 0.5) is 4.39 Å². The summed E-state index contributed by atoms with van der Waals surface area (Å²) in [6.07, 6.45) is 5.43. The van der Waals surface area contributed by atoms with Crippen LogP contribution in [0.25, 0.3) is 0 Å². The largest absolute Gasteiger partial charge is 0.330 e. The summed E-state index contributed by atoms with van der Waals surface area (Å²) in [5.74, 6) is -0.645. The topological polar surface area (TPSA) is 76.3 Å². The van der Waals surface area contributed by atoms with Crippen molar-refractivity contribution in [2.45, 2.75) is 36.6 Å². The third-order valence-electron chi connectivity index (χ3n) is 3.36. The van der Waals surface area contributed by atoms with Crippen LogP contribution in [0.3, 0.4) is 0 Å². The molecule has 1 aliphatic heterocycles. The van der Waals surface area contributed by atoms with Gasteiger partial charge >= 0.3 is 0 Å². The van der Waals surface area contributed by atoms with Gasteiger partial charge in [0.1, 0.15) is 10.7 Å². The molecule has 0 saturated carbocycles. The summed E-state index contributed by atoms with van der Waals surface area (Å²) >= 11 is 0. The van der Waals surface area contributed by atoms with Crippen LogP contribution in [0.2, 0.25) is 0 Å². The van der Waals surface area contributed by atoms with Crippen molar-refractivity contribution in [1.29, 1.82) is 0 Å². The fourth-order valence-electron chi connectivity index (χ4n) is 2.44. The number of nitrogens with two attached hydrogens (primary N) is 1. The lowest BCUT2D eigenvalue weighted by Crippen LogP contribution is -2.44. The minimum absolute atomic E-state index is 0.0866. The summed E-state index contributed by atoms with van der Waals surface area (Å²) in [5.41, 5.74) is 5.53. The van der Waals surface area contributed by atoms with Crippen LogP contribution in [0.15, 0.2) is 23.4 Å². The van der Waals surface area contributed by atoms with E-state index in [1.165, 1.54) is 10.5 Å². The molecule has 106 valence electrons. The first-order valence-electron chi connectivity index (χ1n) is 6.38. The fraction of sp³-hybridized carbons (Fsp3) is 0.583. The lowest BCUT2D eigenvalue weighted by Gasteiger charge is -2.34. The van der Waals surface area contributed by atoms with Crippen molar-refractivity contribution in [2.24, 2.45) is 5.73 Å². The SMILES string of the molecule is NCC[C@H]1CCCCN1S(=O)(=O)c1cncc(F)c1. The van der Waals surface area contributed by atoms with Gasteiger partial charge in [0.15, 0.2) is 0 Å². The molecule has 0 bridgehead atoms. The van der Waals surface area contributed by atoms with E-state index in [4.69, 9.17) is 5.73 Å². The number of piperidine rings is 1. The van der Waals surface area contributed by atoms with Crippen LogP contribution in [0.1, 0.15) is 25.7 Å². The van der Waals surface area contributed by atoms with E-state index < -0.39 is 15.8 Å². The van der Waals surface area contributed by atoms with Crippen LogP contribution >= 0.6 is 0 Å². The molecule has 0 aromatic carbocycles. The average Bonchev–Trinajstić information content (AvgIpc) is 2.39. The molecule has 0 spiro atoms. The summed E-state index contributed by atoms with van der Waals surface area (Å²) < 4.78 is 39.6. The van der Waals surface area contributed by atoms with E-state index >= 15 is 0 Å². The number of nitrogens with zero attached hydrogens (tertiary/aromatic N) is 2. The lowest BCUT2D eigenvalue weighted by atomic mass is 10.0. The molecular formula is C12H18FN3O2S. The molecule has 1 atom stereocenters. The highest BCUT2D eigenvalue weighted by Crippen LogP contribution is 2.26. The molecule has 1 aliphatic rings. The Balaban J connectivity index is 2.31. The van der Waals surface area contributed by atoms with Gasteiger partial charge in [-0.05, 0) is 31.9 Å². The zero-order chi connectivity index (χ0) is 13.9. The highest BCUT2D eigenvalue weighted by molar-refractivity contribution is 7.89. The third kappa shape index (κ3) is 3.10. The summed E-state index contributed by atoms with van der Waals surface area (Å²) in [7, 11) is -3.68. The standard InChI is InChI=1S/C12H18FN3O2S/c13-10-7-12(9-15-8-10)19(17,18)16-6-2-1-3-11(16)4-5-14/h7-9,11H,1-6,14H2/t11-/m1/s1. The Labute approximate surface area is 112 Å². The number of hydrogen-bond acceptors (Lipinski definition) is 4. The van der Waals surface area contributed by atoms with Crippen LogP contribution < -0.4 is 5.73 Å². The van der Waals surface area contributed by atoms with Crippen molar-refractivity contribution in [3.63, 3.8) is 0 Å². The van der Waals surface area contributed by atoms with Crippen molar-refractivity contribution >= 4 is 10.0 Å². The van der Waals surface area contributed by atoms with Gasteiger partial charge < -0.3 is 5.73 Å². The second-order valence-electron chi connectivity index (χ2n) is 4.68. The summed E-state index contributed by atoms with van der Waals surface area (Å²) in [6.45, 7) is 0.904. The van der Waals surface area contributed by atoms with E-state index in [1.807, 2.05) is 0 Å². The van der Waals surface area contributed by atoms with E-state index in [0.717, 1.165) is 31.5 Å². The zero-order valence-corrected chi connectivity index (χ0v) is 11.4. The lowest BCUT2D eigenvalue weighted by molar-refractivity contribution is 0.243. The molecule has 0 amide bonds. The van der Waals surface area contributed by atoms with Gasteiger partial charge in [0, 0.05) is 18.8 Å². The highest BCUT2D eigenvalue weighted by Gasteiger charge is 2.33. The summed E-state index contributed by atoms with van der Waals surface area (Å²) in [6, 6.07) is 0.920. The second kappa shape index (κ2) is 5.94. The van der Waals surface area contributed by atoms with Crippen LogP contribution in [-0.4, -0.2) is 36.8 Å². The van der Waals surface area contributed by atoms with Crippen molar-refractivity contribution < 1.29 is 12.8 Å².